The smallest absolute Gasteiger partial charge is 0.336 e. The van der Waals surface area contributed by atoms with E-state index in [1.54, 1.807) is 38.1 Å². The van der Waals surface area contributed by atoms with Gasteiger partial charge in [0.2, 0.25) is 27.7 Å². The van der Waals surface area contributed by atoms with Crippen LogP contribution < -0.4 is 15.4 Å². The van der Waals surface area contributed by atoms with Gasteiger partial charge >= 0.3 is 23.9 Å². The molecule has 0 fully saturated rings. The number of aliphatic hydroxyl groups excluding tert-OH is 2. The van der Waals surface area contributed by atoms with E-state index in [-0.39, 0.29) is 55.4 Å². The number of esters is 2. The molecule has 4 aromatic carbocycles. The number of H-pyrrole nitrogens is 1. The summed E-state index contributed by atoms with van der Waals surface area (Å²) in [4.78, 5) is 71.3. The fourth-order valence-corrected chi connectivity index (χ4v) is 10.6. The average Bonchev–Trinajstić information content (AvgIpc) is 1.10. The monoisotopic (exact) mass is 1320 g/mol. The van der Waals surface area contributed by atoms with Gasteiger partial charge in [0.25, 0.3) is 0 Å². The minimum Gasteiger partial charge on any atom is -0.481 e. The summed E-state index contributed by atoms with van der Waals surface area (Å²) in [6.07, 6.45) is 2.83. The Kier molecular flexibility index (Phi) is 28.9. The number of allylic oxidation sites excluding steroid dienone is 1. The van der Waals surface area contributed by atoms with E-state index in [0.29, 0.717) is 75.5 Å². The summed E-state index contributed by atoms with van der Waals surface area (Å²) in [6.45, 7) is 14.0. The van der Waals surface area contributed by atoms with Gasteiger partial charge in [0, 0.05) is 60.4 Å². The predicted molar refractivity (Wildman–Crippen MR) is 350 cm³/mol. The number of aliphatic hydroxyl groups is 2. The number of amides is 1. The van der Waals surface area contributed by atoms with Gasteiger partial charge in [-0.05, 0) is 89.9 Å². The maximum Gasteiger partial charge on any atom is 0.336 e. The predicted octanol–water partition coefficient (Wildman–Crippen LogP) is 8.83. The number of carboxylic acids is 2. The maximum atomic E-state index is 13.5. The Labute approximate surface area is 545 Å². The second kappa shape index (κ2) is 35.9. The first kappa shape index (κ1) is 74.9. The lowest BCUT2D eigenvalue weighted by atomic mass is 9.80. The second-order valence-corrected chi connectivity index (χ2v) is 24.6. The number of carbonyl (C=O) groups is 5. The van der Waals surface area contributed by atoms with Gasteiger partial charge < -0.3 is 50.6 Å². The Morgan fingerprint density at radius 2 is 1.52 bits per heavy atom. The highest BCUT2D eigenvalue weighted by atomic mass is 35.5. The summed E-state index contributed by atoms with van der Waals surface area (Å²) in [6, 6.07) is 27.2. The van der Waals surface area contributed by atoms with Crippen molar-refractivity contribution in [1.82, 2.24) is 40.8 Å². The molecule has 500 valence electrons. The number of hydrogen-bond acceptors (Lipinski definition) is 19. The Morgan fingerprint density at radius 3 is 2.08 bits per heavy atom. The van der Waals surface area contributed by atoms with Crippen LogP contribution in [-0.4, -0.2) is 159 Å². The van der Waals surface area contributed by atoms with Gasteiger partial charge in [-0.25, -0.2) is 41.5 Å². The number of aromatic amines is 1. The number of rotatable bonds is 28. The van der Waals surface area contributed by atoms with E-state index in [9.17, 15) is 52.1 Å². The lowest BCUT2D eigenvalue weighted by Crippen LogP contribution is -2.47. The van der Waals surface area contributed by atoms with E-state index in [4.69, 9.17) is 36.7 Å². The Hall–Kier alpha value is -8.79. The Balaban J connectivity index is 0.000000254. The number of aromatic nitrogens is 6. The van der Waals surface area contributed by atoms with Crippen molar-refractivity contribution in [1.29, 1.82) is 0 Å². The number of unbranched alkanes of at least 4 members (excludes halogenated alkanes) is 1. The summed E-state index contributed by atoms with van der Waals surface area (Å²) < 4.78 is 54.4. The molecule has 2 aromatic heterocycles. The van der Waals surface area contributed by atoms with Gasteiger partial charge in [0.15, 0.2) is 0 Å². The molecular weight excluding hydrogens is 1240 g/mol. The van der Waals surface area contributed by atoms with Crippen LogP contribution in [0.2, 0.25) is 5.02 Å². The third-order valence-corrected chi connectivity index (χ3v) is 16.0. The van der Waals surface area contributed by atoms with E-state index < -0.39 is 70.3 Å². The molecule has 0 bridgehead atoms. The molecule has 0 radical (unpaired) electrons. The van der Waals surface area contributed by atoms with Crippen molar-refractivity contribution in [2.24, 2.45) is 11.7 Å². The van der Waals surface area contributed by atoms with Crippen molar-refractivity contribution in [3.63, 3.8) is 0 Å². The minimum atomic E-state index is -3.65. The van der Waals surface area contributed by atoms with Crippen molar-refractivity contribution in [3.8, 4) is 33.8 Å². The number of methoxy groups -OCH3 is 1. The number of carboxylic acid groups (broad SMARTS) is 2. The highest BCUT2D eigenvalue weighted by Crippen LogP contribution is 2.42. The third-order valence-electron chi connectivity index (χ3n) is 14.5. The van der Waals surface area contributed by atoms with Crippen LogP contribution in [0.15, 0.2) is 126 Å². The van der Waals surface area contributed by atoms with E-state index in [2.05, 4.69) is 35.9 Å². The minimum absolute atomic E-state index is 0.0601. The van der Waals surface area contributed by atoms with Gasteiger partial charge in [-0.3, -0.25) is 9.59 Å². The first-order valence-electron chi connectivity index (χ1n) is 30.0. The number of aliphatic carboxylic acids is 2. The van der Waals surface area contributed by atoms with Crippen LogP contribution >= 0.6 is 11.6 Å². The van der Waals surface area contributed by atoms with Crippen LogP contribution in [0.1, 0.15) is 115 Å². The van der Waals surface area contributed by atoms with Gasteiger partial charge in [-0.2, -0.15) is 5.21 Å². The number of nitrogens with zero attached hydrogens (tertiary/aromatic N) is 7. The number of halogens is 2. The number of benzene rings is 4. The molecule has 93 heavy (non-hydrogen) atoms. The highest BCUT2D eigenvalue weighted by Gasteiger charge is 2.40. The molecule has 0 saturated carbocycles. The second-order valence-electron chi connectivity index (χ2n) is 22.2. The quantitative estimate of drug-likeness (QED) is 0.0178. The molecule has 4 atom stereocenters. The van der Waals surface area contributed by atoms with Crippen molar-refractivity contribution in [3.05, 3.63) is 159 Å². The first-order chi connectivity index (χ1) is 44.2. The molecule has 1 aliphatic rings. The summed E-state index contributed by atoms with van der Waals surface area (Å²) in [7, 11) is -1.03. The number of nitrogens with two attached hydrogens (primary N) is 1. The number of carbonyl (C=O) groups excluding carboxylic acids is 3. The molecule has 6 aromatic rings. The fraction of sp³-hybridized carbons (Fsp3) is 0.394. The van der Waals surface area contributed by atoms with E-state index in [1.165, 1.54) is 55.5 Å². The van der Waals surface area contributed by atoms with Crippen LogP contribution in [0, 0.1) is 11.7 Å². The van der Waals surface area contributed by atoms with Gasteiger partial charge in [-0.1, -0.05) is 132 Å². The normalized spacial score (nSPS) is 14.1. The molecule has 0 spiro atoms. The number of dihydropyridines is 1. The molecule has 7 rings (SSSR count). The van der Waals surface area contributed by atoms with Gasteiger partial charge in [0.05, 0.1) is 86.0 Å². The van der Waals surface area contributed by atoms with Crippen LogP contribution in [0.5, 0.6) is 0 Å². The van der Waals surface area contributed by atoms with Crippen molar-refractivity contribution >= 4 is 63.4 Å². The molecule has 1 amide bonds. The molecule has 3 heterocycles. The SMILES string of the molecule is CC(C)c1nc(N(C)S(C)(=O)=O)nc(-c2ccc(F)cc2)c1/C=C/[C@@H](O)C[C@@H](O)CC(=O)O.CCCCC(=O)N(Cc1ccc(-c2ccccc2-c2nn[nH]n2)cc1)[C@H](C(=O)O)C(C)C.CCOC(=O)C1=C(COCCN)NC(C)=C(C(=O)OC)C1c1ccccc1Cl. The third kappa shape index (κ3) is 21.1. The molecule has 0 aliphatic carbocycles. The molecular formula is C66H82ClFN10O14S. The van der Waals surface area contributed by atoms with Crippen molar-refractivity contribution in [2.45, 2.75) is 117 Å². The Morgan fingerprint density at radius 1 is 0.871 bits per heavy atom. The number of ether oxygens (including phenoxy) is 3. The number of tetrazole rings is 1. The van der Waals surface area contributed by atoms with Gasteiger partial charge in [-0.15, -0.1) is 10.2 Å². The zero-order valence-electron chi connectivity index (χ0n) is 53.7. The lowest BCUT2D eigenvalue weighted by molar-refractivity contribution is -0.153. The molecule has 8 N–H and O–H groups in total. The van der Waals surface area contributed by atoms with Crippen LogP contribution in [0.4, 0.5) is 10.3 Å². The largest absolute Gasteiger partial charge is 0.481 e. The zero-order valence-corrected chi connectivity index (χ0v) is 55.2. The topological polar surface area (TPSA) is 353 Å². The standard InChI is InChI=1S/C24H29N5O3.C22H28FN3O6S.C20H25ClN2O5/c1-4-5-10-21(30)29(22(16(2)3)24(31)32)15-17-11-13-18(14-12-17)19-8-6-7-9-20(19)23-25-27-28-26-23;1-13(2)20-18(10-9-16(27)11-17(28)12-19(29)30)21(14-5-7-15(23)8-6-14)25-22(24-20)26(3)33(4,31)32;1-4-28-20(25)18-15(11-27-10-9-22)23-12(2)16(19(24)26-3)17(18)13-7-5-6-8-14(13)21/h6-9,11-14,16,22H,4-5,10,15H2,1-3H3,(H,31,32)(H,25,26,27,28);5-10,13,16-17,27-28H,11-12H2,1-4H3,(H,29,30);5-8,17,23H,4,9-11,22H2,1-3H3/b;10-9+;/t22-;16-,17-;/m01./s1. The van der Waals surface area contributed by atoms with E-state index >= 15 is 0 Å². The maximum absolute atomic E-state index is 13.5. The lowest BCUT2D eigenvalue weighted by Gasteiger charge is -2.32. The number of anilines is 1. The number of nitrogens with one attached hydrogen (secondary N) is 2. The summed E-state index contributed by atoms with van der Waals surface area (Å²) >= 11 is 6.42. The summed E-state index contributed by atoms with van der Waals surface area (Å²) in [5, 5.41) is 56.3. The molecule has 0 saturated heterocycles. The van der Waals surface area contributed by atoms with Crippen LogP contribution in [-0.2, 0) is 54.8 Å². The average molecular weight is 1330 g/mol. The zero-order chi connectivity index (χ0) is 68.7. The van der Waals surface area contributed by atoms with Crippen LogP contribution in [0.3, 0.4) is 0 Å². The van der Waals surface area contributed by atoms with E-state index in [0.717, 1.165) is 45.7 Å². The van der Waals surface area contributed by atoms with Gasteiger partial charge in [0.1, 0.15) is 11.9 Å². The molecule has 27 heteroatoms. The molecule has 24 nitrogen and oxygen atoms in total. The number of sulfonamides is 1. The summed E-state index contributed by atoms with van der Waals surface area (Å²) in [5.41, 5.74) is 13.2. The summed E-state index contributed by atoms with van der Waals surface area (Å²) in [5.74, 6) is -4.52. The molecule has 1 unspecified atom stereocenters. The number of hydrogen-bond donors (Lipinski definition) is 7. The fourth-order valence-electron chi connectivity index (χ4n) is 9.95. The molecule has 1 aliphatic heterocycles. The van der Waals surface area contributed by atoms with E-state index in [1.807, 2.05) is 83.1 Å². The van der Waals surface area contributed by atoms with Crippen LogP contribution in [0.25, 0.3) is 39.8 Å². The highest BCUT2D eigenvalue weighted by molar-refractivity contribution is 7.92. The van der Waals surface area contributed by atoms with Crippen molar-refractivity contribution in [2.75, 3.05) is 51.1 Å². The first-order valence-corrected chi connectivity index (χ1v) is 32.2. The Bertz CT molecular complexity index is 3720. The van der Waals surface area contributed by atoms with Crippen molar-refractivity contribution < 1.29 is 71.4 Å².